The van der Waals surface area contributed by atoms with E-state index in [0.717, 1.165) is 0 Å². The zero-order valence-corrected chi connectivity index (χ0v) is 15.9. The van der Waals surface area contributed by atoms with Gasteiger partial charge in [0.15, 0.2) is 0 Å². The summed E-state index contributed by atoms with van der Waals surface area (Å²) in [4.78, 5) is 14.3. The van der Waals surface area contributed by atoms with Crippen molar-refractivity contribution < 1.29 is 22.7 Å². The summed E-state index contributed by atoms with van der Waals surface area (Å²) in [5, 5.41) is 0. The van der Waals surface area contributed by atoms with E-state index in [0.29, 0.717) is 49.9 Å². The Balaban J connectivity index is 1.77. The summed E-state index contributed by atoms with van der Waals surface area (Å²) in [5.41, 5.74) is 0.759. The molecule has 8 heteroatoms. The fraction of sp³-hybridized carbons (Fsp3) is 0.316. The SMILES string of the molecule is CCOc1ccc(NS(=O)(=O)c2cccc(C(=O)N3CCOCC3)c2)cc1. The maximum atomic E-state index is 12.7. The van der Waals surface area contributed by atoms with E-state index in [2.05, 4.69) is 4.72 Å². The van der Waals surface area contributed by atoms with Crippen molar-refractivity contribution in [3.8, 4) is 5.75 Å². The largest absolute Gasteiger partial charge is 0.494 e. The number of morpholine rings is 1. The van der Waals surface area contributed by atoms with Gasteiger partial charge in [-0.25, -0.2) is 8.42 Å². The Morgan fingerprint density at radius 3 is 2.52 bits per heavy atom. The van der Waals surface area contributed by atoms with E-state index in [4.69, 9.17) is 9.47 Å². The number of sulfonamides is 1. The first kappa shape index (κ1) is 19.2. The standard InChI is InChI=1S/C19H22N2O5S/c1-2-26-17-8-6-16(7-9-17)20-27(23,24)18-5-3-4-15(14-18)19(22)21-10-12-25-13-11-21/h3-9,14,20H,2,10-13H2,1H3. The third-order valence-electron chi connectivity index (χ3n) is 4.11. The Hall–Kier alpha value is -2.58. The van der Waals surface area contributed by atoms with E-state index in [1.807, 2.05) is 6.92 Å². The average molecular weight is 390 g/mol. The molecule has 0 aliphatic carbocycles. The molecule has 27 heavy (non-hydrogen) atoms. The summed E-state index contributed by atoms with van der Waals surface area (Å²) in [7, 11) is -3.81. The molecule has 144 valence electrons. The Labute approximate surface area is 158 Å². The summed E-state index contributed by atoms with van der Waals surface area (Å²) in [6.45, 7) is 4.39. The van der Waals surface area contributed by atoms with Crippen LogP contribution in [-0.2, 0) is 14.8 Å². The third-order valence-corrected chi connectivity index (χ3v) is 5.49. The summed E-state index contributed by atoms with van der Waals surface area (Å²) < 4.78 is 38.5. The zero-order valence-electron chi connectivity index (χ0n) is 15.1. The Morgan fingerprint density at radius 2 is 1.85 bits per heavy atom. The fourth-order valence-electron chi connectivity index (χ4n) is 2.75. The van der Waals surface area contributed by atoms with Gasteiger partial charge in [-0.2, -0.15) is 0 Å². The molecule has 1 amide bonds. The van der Waals surface area contributed by atoms with Crippen molar-refractivity contribution in [2.75, 3.05) is 37.6 Å². The minimum atomic E-state index is -3.81. The second-order valence-corrected chi connectivity index (χ2v) is 7.68. The Morgan fingerprint density at radius 1 is 1.15 bits per heavy atom. The van der Waals surface area contributed by atoms with E-state index in [-0.39, 0.29) is 10.8 Å². The third kappa shape index (κ3) is 4.78. The van der Waals surface area contributed by atoms with Crippen molar-refractivity contribution in [2.24, 2.45) is 0 Å². The predicted octanol–water partition coefficient (Wildman–Crippen LogP) is 2.36. The maximum absolute atomic E-state index is 12.7. The van der Waals surface area contributed by atoms with Gasteiger partial charge < -0.3 is 14.4 Å². The van der Waals surface area contributed by atoms with Gasteiger partial charge in [0.05, 0.1) is 24.7 Å². The first-order valence-electron chi connectivity index (χ1n) is 8.72. The van der Waals surface area contributed by atoms with Gasteiger partial charge in [0.1, 0.15) is 5.75 Å². The first-order chi connectivity index (χ1) is 13.0. The van der Waals surface area contributed by atoms with Gasteiger partial charge in [-0.05, 0) is 49.4 Å². The first-order valence-corrected chi connectivity index (χ1v) is 10.2. The van der Waals surface area contributed by atoms with Crippen LogP contribution < -0.4 is 9.46 Å². The van der Waals surface area contributed by atoms with Gasteiger partial charge in [0.25, 0.3) is 15.9 Å². The molecule has 1 saturated heterocycles. The molecule has 0 bridgehead atoms. The van der Waals surface area contributed by atoms with Crippen LogP contribution in [0.5, 0.6) is 5.75 Å². The topological polar surface area (TPSA) is 84.9 Å². The van der Waals surface area contributed by atoms with E-state index in [1.54, 1.807) is 41.3 Å². The molecular weight excluding hydrogens is 368 g/mol. The van der Waals surface area contributed by atoms with Crippen LogP contribution in [0.4, 0.5) is 5.69 Å². The summed E-state index contributed by atoms with van der Waals surface area (Å²) >= 11 is 0. The average Bonchev–Trinajstić information content (AvgIpc) is 2.70. The lowest BCUT2D eigenvalue weighted by molar-refractivity contribution is 0.0302. The van der Waals surface area contributed by atoms with E-state index in [9.17, 15) is 13.2 Å². The molecule has 1 aliphatic heterocycles. The molecule has 1 aliphatic rings. The number of ether oxygens (including phenoxy) is 2. The number of hydrogen-bond donors (Lipinski definition) is 1. The van der Waals surface area contributed by atoms with Crippen LogP contribution in [0, 0.1) is 0 Å². The predicted molar refractivity (Wildman–Crippen MR) is 102 cm³/mol. The summed E-state index contributed by atoms with van der Waals surface area (Å²) in [5.74, 6) is 0.468. The van der Waals surface area contributed by atoms with Crippen LogP contribution >= 0.6 is 0 Å². The molecule has 0 radical (unpaired) electrons. The Kier molecular flexibility index (Phi) is 5.98. The number of anilines is 1. The number of nitrogens with one attached hydrogen (secondary N) is 1. The van der Waals surface area contributed by atoms with Crippen molar-refractivity contribution in [3.63, 3.8) is 0 Å². The van der Waals surface area contributed by atoms with E-state index in [1.165, 1.54) is 12.1 Å². The molecule has 0 atom stereocenters. The minimum absolute atomic E-state index is 0.0375. The van der Waals surface area contributed by atoms with Crippen LogP contribution in [0.25, 0.3) is 0 Å². The molecule has 0 spiro atoms. The summed E-state index contributed by atoms with van der Waals surface area (Å²) in [6.07, 6.45) is 0. The zero-order chi connectivity index (χ0) is 19.3. The van der Waals surface area contributed by atoms with Gasteiger partial charge in [-0.15, -0.1) is 0 Å². The number of carbonyl (C=O) groups excluding carboxylic acids is 1. The van der Waals surface area contributed by atoms with Crippen LogP contribution in [0.2, 0.25) is 0 Å². The molecule has 2 aromatic rings. The molecule has 1 N–H and O–H groups in total. The van der Waals surface area contributed by atoms with Gasteiger partial charge in [-0.3, -0.25) is 9.52 Å². The number of nitrogens with zero attached hydrogens (tertiary/aromatic N) is 1. The molecule has 0 unspecified atom stereocenters. The highest BCUT2D eigenvalue weighted by atomic mass is 32.2. The van der Waals surface area contributed by atoms with Crippen molar-refractivity contribution in [3.05, 3.63) is 54.1 Å². The monoisotopic (exact) mass is 390 g/mol. The van der Waals surface area contributed by atoms with Crippen LogP contribution in [-0.4, -0.2) is 52.1 Å². The number of rotatable bonds is 6. The normalized spacial score (nSPS) is 14.6. The number of hydrogen-bond acceptors (Lipinski definition) is 5. The van der Waals surface area contributed by atoms with Crippen molar-refractivity contribution in [1.82, 2.24) is 4.90 Å². The molecule has 2 aromatic carbocycles. The lowest BCUT2D eigenvalue weighted by atomic mass is 10.2. The molecule has 7 nitrogen and oxygen atoms in total. The van der Waals surface area contributed by atoms with E-state index >= 15 is 0 Å². The highest BCUT2D eigenvalue weighted by Gasteiger charge is 2.21. The molecule has 3 rings (SSSR count). The quantitative estimate of drug-likeness (QED) is 0.818. The highest BCUT2D eigenvalue weighted by Crippen LogP contribution is 2.21. The smallest absolute Gasteiger partial charge is 0.261 e. The molecule has 1 fully saturated rings. The van der Waals surface area contributed by atoms with E-state index < -0.39 is 10.0 Å². The molecular formula is C19H22N2O5S. The van der Waals surface area contributed by atoms with Crippen molar-refractivity contribution in [2.45, 2.75) is 11.8 Å². The lowest BCUT2D eigenvalue weighted by Crippen LogP contribution is -2.40. The van der Waals surface area contributed by atoms with Crippen LogP contribution in [0.15, 0.2) is 53.4 Å². The number of carbonyl (C=O) groups is 1. The van der Waals surface area contributed by atoms with Crippen LogP contribution in [0.3, 0.4) is 0 Å². The summed E-state index contributed by atoms with van der Waals surface area (Å²) in [6, 6.07) is 12.7. The van der Waals surface area contributed by atoms with Gasteiger partial charge >= 0.3 is 0 Å². The Bertz CT molecular complexity index is 891. The second-order valence-electron chi connectivity index (χ2n) is 6.00. The highest BCUT2D eigenvalue weighted by molar-refractivity contribution is 7.92. The van der Waals surface area contributed by atoms with Gasteiger partial charge in [-0.1, -0.05) is 6.07 Å². The molecule has 0 saturated carbocycles. The minimum Gasteiger partial charge on any atom is -0.494 e. The number of benzene rings is 2. The fourth-order valence-corrected chi connectivity index (χ4v) is 3.85. The lowest BCUT2D eigenvalue weighted by Gasteiger charge is -2.27. The number of amides is 1. The maximum Gasteiger partial charge on any atom is 0.261 e. The van der Waals surface area contributed by atoms with Crippen molar-refractivity contribution in [1.29, 1.82) is 0 Å². The van der Waals surface area contributed by atoms with Crippen molar-refractivity contribution >= 4 is 21.6 Å². The molecule has 0 aromatic heterocycles. The molecule has 1 heterocycles. The van der Waals surface area contributed by atoms with Gasteiger partial charge in [0.2, 0.25) is 0 Å². The van der Waals surface area contributed by atoms with Crippen LogP contribution in [0.1, 0.15) is 17.3 Å². The van der Waals surface area contributed by atoms with Gasteiger partial charge in [0, 0.05) is 24.3 Å². The second kappa shape index (κ2) is 8.41.